The number of halogens is 1. The molecule has 0 aliphatic heterocycles. The molecule has 0 N–H and O–H groups in total. The van der Waals surface area contributed by atoms with E-state index in [1.165, 1.54) is 0 Å². The number of hydrogen-bond acceptors (Lipinski definition) is 4. The molecule has 130 valence electrons. The zero-order chi connectivity index (χ0) is 18.5. The van der Waals surface area contributed by atoms with Crippen LogP contribution in [0.25, 0.3) is 0 Å². The molecule has 0 amide bonds. The number of rotatable bonds is 5. The van der Waals surface area contributed by atoms with Crippen LogP contribution in [-0.4, -0.2) is 19.2 Å². The van der Waals surface area contributed by atoms with Crippen LogP contribution in [0, 0.1) is 21.4 Å². The van der Waals surface area contributed by atoms with Crippen molar-refractivity contribution in [1.82, 2.24) is 14.1 Å². The van der Waals surface area contributed by atoms with E-state index in [4.69, 9.17) is 16.9 Å². The Morgan fingerprint density at radius 3 is 2.54 bits per heavy atom. The number of nitro groups is 1. The highest BCUT2D eigenvalue weighted by atomic mass is 35.5. The van der Waals surface area contributed by atoms with Crippen LogP contribution in [0.15, 0.2) is 60.1 Å². The van der Waals surface area contributed by atoms with E-state index in [-0.39, 0.29) is 5.62 Å². The standard InChI is InChI=1S/C17H13ClN6O2/c18-16-5-4-15(10-20-16)12-23-7-6-22(17(23)21-24(25)26)11-14-3-1-2-13(8-14)9-19/h1-8,10H,11-12H2. The Labute approximate surface area is 153 Å². The molecule has 0 saturated carbocycles. The molecule has 8 nitrogen and oxygen atoms in total. The molecule has 0 atom stereocenters. The fraction of sp³-hybridized carbons (Fsp3) is 0.118. The minimum absolute atomic E-state index is 0.187. The molecule has 0 aliphatic carbocycles. The van der Waals surface area contributed by atoms with Crippen LogP contribution in [0.3, 0.4) is 0 Å². The van der Waals surface area contributed by atoms with Gasteiger partial charge in [0.2, 0.25) is 0 Å². The molecule has 2 heterocycles. The van der Waals surface area contributed by atoms with Gasteiger partial charge in [0.15, 0.2) is 5.03 Å². The van der Waals surface area contributed by atoms with Gasteiger partial charge in [-0.25, -0.2) is 15.1 Å². The van der Waals surface area contributed by atoms with E-state index in [0.29, 0.717) is 23.8 Å². The van der Waals surface area contributed by atoms with Crippen molar-refractivity contribution in [1.29, 1.82) is 5.26 Å². The summed E-state index contributed by atoms with van der Waals surface area (Å²) in [6.07, 6.45) is 5.04. The number of nitrogens with zero attached hydrogens (tertiary/aromatic N) is 6. The van der Waals surface area contributed by atoms with Crippen molar-refractivity contribution in [2.45, 2.75) is 13.1 Å². The zero-order valence-electron chi connectivity index (χ0n) is 13.5. The molecule has 0 spiro atoms. The highest BCUT2D eigenvalue weighted by molar-refractivity contribution is 6.29. The molecular weight excluding hydrogens is 356 g/mol. The van der Waals surface area contributed by atoms with Crippen LogP contribution in [0.4, 0.5) is 0 Å². The molecule has 0 fully saturated rings. The van der Waals surface area contributed by atoms with Crippen LogP contribution in [0.1, 0.15) is 16.7 Å². The molecule has 0 radical (unpaired) electrons. The van der Waals surface area contributed by atoms with Gasteiger partial charge in [-0.2, -0.15) is 5.26 Å². The summed E-state index contributed by atoms with van der Waals surface area (Å²) in [5.41, 5.74) is 2.40. The fourth-order valence-electron chi connectivity index (χ4n) is 2.53. The van der Waals surface area contributed by atoms with Gasteiger partial charge in [-0.3, -0.25) is 0 Å². The SMILES string of the molecule is N#Cc1cccc(Cn2ccn(Cc3ccc(Cl)nc3)c2=N[N+](=O)[O-])c1. The van der Waals surface area contributed by atoms with E-state index in [0.717, 1.165) is 11.1 Å². The largest absolute Gasteiger partial charge is 0.308 e. The molecule has 0 saturated heterocycles. The smallest absolute Gasteiger partial charge is 0.282 e. The Morgan fingerprint density at radius 1 is 1.19 bits per heavy atom. The number of pyridine rings is 1. The van der Waals surface area contributed by atoms with Gasteiger partial charge in [-0.1, -0.05) is 29.8 Å². The molecule has 0 bridgehead atoms. The minimum atomic E-state index is -0.728. The summed E-state index contributed by atoms with van der Waals surface area (Å²) < 4.78 is 3.31. The van der Waals surface area contributed by atoms with E-state index in [2.05, 4.69) is 16.2 Å². The summed E-state index contributed by atoms with van der Waals surface area (Å²) in [5, 5.41) is 23.1. The van der Waals surface area contributed by atoms with Gasteiger partial charge in [-0.15, -0.1) is 0 Å². The van der Waals surface area contributed by atoms with Crippen molar-refractivity contribution in [3.8, 4) is 6.07 Å². The number of benzene rings is 1. The van der Waals surface area contributed by atoms with Gasteiger partial charge >= 0.3 is 0 Å². The number of imidazole rings is 1. The first-order valence-corrected chi connectivity index (χ1v) is 7.97. The summed E-state index contributed by atoms with van der Waals surface area (Å²) in [6.45, 7) is 0.718. The maximum Gasteiger partial charge on any atom is 0.282 e. The summed E-state index contributed by atoms with van der Waals surface area (Å²) in [4.78, 5) is 15.0. The van der Waals surface area contributed by atoms with Gasteiger partial charge in [0.1, 0.15) is 10.3 Å². The molecule has 9 heteroatoms. The summed E-state index contributed by atoms with van der Waals surface area (Å²) in [6, 6.07) is 12.6. The Kier molecular flexibility index (Phi) is 5.10. The lowest BCUT2D eigenvalue weighted by molar-refractivity contribution is -0.491. The lowest BCUT2D eigenvalue weighted by atomic mass is 10.1. The second-order valence-corrected chi connectivity index (χ2v) is 5.88. The number of aromatic nitrogens is 3. The predicted octanol–water partition coefficient (Wildman–Crippen LogP) is 2.40. The monoisotopic (exact) mass is 368 g/mol. The highest BCUT2D eigenvalue weighted by Gasteiger charge is 2.08. The molecule has 2 aromatic heterocycles. The van der Waals surface area contributed by atoms with Crippen LogP contribution in [0.5, 0.6) is 0 Å². The highest BCUT2D eigenvalue weighted by Crippen LogP contribution is 2.08. The molecular formula is C17H13ClN6O2. The van der Waals surface area contributed by atoms with Crippen molar-refractivity contribution in [3.05, 3.63) is 92.6 Å². The third-order valence-corrected chi connectivity index (χ3v) is 3.89. The van der Waals surface area contributed by atoms with Gasteiger partial charge in [0, 0.05) is 18.6 Å². The normalized spacial score (nSPS) is 11.3. The molecule has 3 rings (SSSR count). The predicted molar refractivity (Wildman–Crippen MR) is 93.6 cm³/mol. The number of nitriles is 1. The van der Waals surface area contributed by atoms with Crippen molar-refractivity contribution in [2.24, 2.45) is 5.10 Å². The average molecular weight is 369 g/mol. The van der Waals surface area contributed by atoms with Crippen molar-refractivity contribution < 1.29 is 5.03 Å². The first kappa shape index (κ1) is 17.4. The Hall–Kier alpha value is -3.44. The van der Waals surface area contributed by atoms with Gasteiger partial charge in [-0.05, 0) is 29.3 Å². The lowest BCUT2D eigenvalue weighted by Crippen LogP contribution is -2.28. The lowest BCUT2D eigenvalue weighted by Gasteiger charge is -2.05. The third-order valence-electron chi connectivity index (χ3n) is 3.66. The molecule has 26 heavy (non-hydrogen) atoms. The summed E-state index contributed by atoms with van der Waals surface area (Å²) in [7, 11) is 0. The average Bonchev–Trinajstić information content (AvgIpc) is 2.98. The zero-order valence-corrected chi connectivity index (χ0v) is 14.2. The van der Waals surface area contributed by atoms with Crippen molar-refractivity contribution in [2.75, 3.05) is 0 Å². The van der Waals surface area contributed by atoms with Crippen molar-refractivity contribution >= 4 is 11.6 Å². The van der Waals surface area contributed by atoms with E-state index in [1.54, 1.807) is 58.1 Å². The van der Waals surface area contributed by atoms with E-state index >= 15 is 0 Å². The first-order chi connectivity index (χ1) is 12.5. The fourth-order valence-corrected chi connectivity index (χ4v) is 2.64. The van der Waals surface area contributed by atoms with Crippen LogP contribution >= 0.6 is 11.6 Å². The summed E-state index contributed by atoms with van der Waals surface area (Å²) in [5.74, 6) is 0. The van der Waals surface area contributed by atoms with E-state index in [1.807, 2.05) is 6.07 Å². The van der Waals surface area contributed by atoms with Crippen molar-refractivity contribution in [3.63, 3.8) is 0 Å². The van der Waals surface area contributed by atoms with E-state index < -0.39 is 5.03 Å². The Bertz CT molecular complexity index is 1050. The summed E-state index contributed by atoms with van der Waals surface area (Å²) >= 11 is 5.78. The minimum Gasteiger partial charge on any atom is -0.308 e. The van der Waals surface area contributed by atoms with Crippen LogP contribution < -0.4 is 5.62 Å². The third kappa shape index (κ3) is 4.15. The van der Waals surface area contributed by atoms with Crippen LogP contribution in [-0.2, 0) is 13.1 Å². The Balaban J connectivity index is 1.96. The number of hydrogen-bond donors (Lipinski definition) is 0. The quantitative estimate of drug-likeness (QED) is 0.392. The second-order valence-electron chi connectivity index (χ2n) is 5.49. The second kappa shape index (κ2) is 7.63. The molecule has 0 unspecified atom stereocenters. The van der Waals surface area contributed by atoms with Gasteiger partial charge in [0.05, 0.1) is 24.7 Å². The maximum absolute atomic E-state index is 11.0. The van der Waals surface area contributed by atoms with Gasteiger partial charge in [0.25, 0.3) is 5.62 Å². The van der Waals surface area contributed by atoms with E-state index in [9.17, 15) is 10.1 Å². The molecule has 1 aromatic carbocycles. The van der Waals surface area contributed by atoms with Gasteiger partial charge < -0.3 is 9.13 Å². The molecule has 0 aliphatic rings. The molecule has 3 aromatic rings. The van der Waals surface area contributed by atoms with Crippen LogP contribution in [0.2, 0.25) is 5.15 Å². The Morgan fingerprint density at radius 2 is 1.92 bits per heavy atom. The maximum atomic E-state index is 11.0. The first-order valence-electron chi connectivity index (χ1n) is 7.59. The topological polar surface area (TPSA) is 102 Å².